The molecular weight excluding hydrogens is 452 g/mol. The number of carboxylic acid groups (broad SMARTS) is 1. The summed E-state index contributed by atoms with van der Waals surface area (Å²) in [6.07, 6.45) is -1.61. The number of anilines is 1. The average Bonchev–Trinajstić information content (AvgIpc) is 2.98. The predicted molar refractivity (Wildman–Crippen MR) is 117 cm³/mol. The van der Waals surface area contributed by atoms with Crippen molar-refractivity contribution in [2.45, 2.75) is 19.9 Å². The van der Waals surface area contributed by atoms with Gasteiger partial charge in [-0.05, 0) is 37.6 Å². The normalized spacial score (nSPS) is 10.9. The van der Waals surface area contributed by atoms with Crippen LogP contribution in [-0.2, 0) is 0 Å². The summed E-state index contributed by atoms with van der Waals surface area (Å²) in [7, 11) is 0. The van der Waals surface area contributed by atoms with E-state index in [0.29, 0.717) is 10.6 Å². The summed E-state index contributed by atoms with van der Waals surface area (Å²) in [5, 5.41) is 9.33. The number of benzene rings is 2. The third-order valence-corrected chi connectivity index (χ3v) is 5.78. The summed E-state index contributed by atoms with van der Waals surface area (Å²) >= 11 is 12.9. The first kappa shape index (κ1) is 22.1. The highest BCUT2D eigenvalue weighted by Crippen LogP contribution is 2.47. The molecule has 30 heavy (non-hydrogen) atoms. The molecule has 0 spiro atoms. The highest BCUT2D eigenvalue weighted by atomic mass is 35.5. The number of carbonyl (C=O) groups excluding carboxylic acids is 1. The zero-order valence-electron chi connectivity index (χ0n) is 15.9. The smallest absolute Gasteiger partial charge is 0.449 e. The van der Waals surface area contributed by atoms with E-state index in [1.165, 1.54) is 18.2 Å². The van der Waals surface area contributed by atoms with Gasteiger partial charge >= 0.3 is 6.16 Å². The van der Waals surface area contributed by atoms with E-state index in [9.17, 15) is 9.59 Å². The molecule has 0 saturated carbocycles. The fraction of sp³-hybridized carbons (Fsp3) is 0.143. The first-order valence-corrected chi connectivity index (χ1v) is 10.3. The third-order valence-electron chi connectivity index (χ3n) is 4.15. The first-order valence-electron chi connectivity index (χ1n) is 8.77. The lowest BCUT2D eigenvalue weighted by Gasteiger charge is -2.27. The lowest BCUT2D eigenvalue weighted by atomic mass is 10.1. The average molecular weight is 468 g/mol. The largest absolute Gasteiger partial charge is 0.512 e. The van der Waals surface area contributed by atoms with Crippen LogP contribution < -0.4 is 9.64 Å². The van der Waals surface area contributed by atoms with E-state index in [1.807, 2.05) is 0 Å². The molecule has 0 atom stereocenters. The summed E-state index contributed by atoms with van der Waals surface area (Å²) in [5.41, 5.74) is 0.373. The number of ether oxygens (including phenoxy) is 1. The number of rotatable bonds is 5. The monoisotopic (exact) mass is 467 g/mol. The highest BCUT2D eigenvalue weighted by molar-refractivity contribution is 7.18. The van der Waals surface area contributed by atoms with Crippen molar-refractivity contribution >= 4 is 52.3 Å². The molecule has 1 heterocycles. The molecule has 1 aromatic heterocycles. The van der Waals surface area contributed by atoms with Crippen LogP contribution in [0.5, 0.6) is 5.06 Å². The SMILES string of the molecule is CC(C)N(C(=O)c1ccc(Cl)cc1Cl)c1c(OC(=O)O)sc(-c2ccccc2)c1F. The van der Waals surface area contributed by atoms with Gasteiger partial charge in [-0.2, -0.15) is 0 Å². The minimum Gasteiger partial charge on any atom is -0.449 e. The highest BCUT2D eigenvalue weighted by Gasteiger charge is 2.33. The zero-order valence-corrected chi connectivity index (χ0v) is 18.2. The molecule has 0 unspecified atom stereocenters. The molecule has 0 bridgehead atoms. The molecule has 0 saturated heterocycles. The maximum absolute atomic E-state index is 15.6. The van der Waals surface area contributed by atoms with Crippen molar-refractivity contribution in [2.24, 2.45) is 0 Å². The number of hydrogen-bond donors (Lipinski definition) is 1. The van der Waals surface area contributed by atoms with E-state index in [-0.39, 0.29) is 26.2 Å². The molecule has 1 amide bonds. The second kappa shape index (κ2) is 9.04. The maximum Gasteiger partial charge on any atom is 0.512 e. The molecule has 3 rings (SSSR count). The zero-order chi connectivity index (χ0) is 22.0. The molecule has 2 aromatic carbocycles. The van der Waals surface area contributed by atoms with Crippen LogP contribution in [0.1, 0.15) is 24.2 Å². The van der Waals surface area contributed by atoms with Gasteiger partial charge in [0.15, 0.2) is 5.82 Å². The Hall–Kier alpha value is -2.61. The van der Waals surface area contributed by atoms with Crippen LogP contribution in [0, 0.1) is 5.82 Å². The quantitative estimate of drug-likeness (QED) is 0.411. The minimum absolute atomic E-state index is 0.0952. The summed E-state index contributed by atoms with van der Waals surface area (Å²) in [5.74, 6) is -1.37. The van der Waals surface area contributed by atoms with Gasteiger partial charge in [0.2, 0.25) is 5.06 Å². The van der Waals surface area contributed by atoms with Crippen molar-refractivity contribution in [1.82, 2.24) is 0 Å². The Kier molecular flexibility index (Phi) is 6.65. The van der Waals surface area contributed by atoms with Gasteiger partial charge in [0.25, 0.3) is 5.91 Å². The first-order chi connectivity index (χ1) is 14.2. The Morgan fingerprint density at radius 3 is 2.37 bits per heavy atom. The molecule has 3 aromatic rings. The van der Waals surface area contributed by atoms with E-state index in [2.05, 4.69) is 0 Å². The van der Waals surface area contributed by atoms with Gasteiger partial charge in [0, 0.05) is 11.1 Å². The Morgan fingerprint density at radius 1 is 1.13 bits per heavy atom. The standard InChI is InChI=1S/C21H16Cl2FNO4S/c1-11(2)25(19(26)14-9-8-13(22)10-15(14)23)17-16(24)18(12-6-4-3-5-7-12)30-20(17)29-21(27)28/h3-11H,1-2H3,(H,27,28). The van der Waals surface area contributed by atoms with Crippen LogP contribution in [0.25, 0.3) is 10.4 Å². The van der Waals surface area contributed by atoms with Crippen molar-refractivity contribution in [3.8, 4) is 15.5 Å². The molecule has 9 heteroatoms. The fourth-order valence-electron chi connectivity index (χ4n) is 2.90. The van der Waals surface area contributed by atoms with Crippen LogP contribution in [0.4, 0.5) is 14.9 Å². The van der Waals surface area contributed by atoms with E-state index in [1.54, 1.807) is 44.2 Å². The van der Waals surface area contributed by atoms with E-state index in [0.717, 1.165) is 16.2 Å². The predicted octanol–water partition coefficient (Wildman–Crippen LogP) is 6.97. The van der Waals surface area contributed by atoms with E-state index in [4.69, 9.17) is 33.0 Å². The van der Waals surface area contributed by atoms with Gasteiger partial charge in [-0.1, -0.05) is 64.9 Å². The Labute approximate surface area is 186 Å². The molecular formula is C21H16Cl2FNO4S. The Morgan fingerprint density at radius 2 is 1.80 bits per heavy atom. The van der Waals surface area contributed by atoms with Crippen LogP contribution in [0.2, 0.25) is 10.0 Å². The summed E-state index contributed by atoms with van der Waals surface area (Å²) in [6.45, 7) is 3.34. The van der Waals surface area contributed by atoms with Gasteiger partial charge in [-0.3, -0.25) is 9.69 Å². The van der Waals surface area contributed by atoms with Crippen molar-refractivity contribution in [3.63, 3.8) is 0 Å². The molecule has 156 valence electrons. The number of hydrogen-bond acceptors (Lipinski definition) is 4. The second-order valence-corrected chi connectivity index (χ2v) is 8.34. The van der Waals surface area contributed by atoms with Crippen LogP contribution >= 0.6 is 34.5 Å². The van der Waals surface area contributed by atoms with Crippen LogP contribution in [-0.4, -0.2) is 23.2 Å². The number of nitrogens with zero attached hydrogens (tertiary/aromatic N) is 1. The molecule has 1 N–H and O–H groups in total. The van der Waals surface area contributed by atoms with E-state index >= 15 is 4.39 Å². The van der Waals surface area contributed by atoms with Gasteiger partial charge in [-0.25, -0.2) is 9.18 Å². The second-order valence-electron chi connectivity index (χ2n) is 6.51. The molecule has 0 aliphatic carbocycles. The molecule has 0 radical (unpaired) electrons. The van der Waals surface area contributed by atoms with Crippen molar-refractivity contribution in [3.05, 3.63) is 70.0 Å². The number of thiophene rings is 1. The van der Waals surface area contributed by atoms with Crippen LogP contribution in [0.15, 0.2) is 48.5 Å². The van der Waals surface area contributed by atoms with Crippen molar-refractivity contribution < 1.29 is 23.8 Å². The number of amides is 1. The fourth-order valence-corrected chi connectivity index (χ4v) is 4.41. The maximum atomic E-state index is 15.6. The topological polar surface area (TPSA) is 66.8 Å². The van der Waals surface area contributed by atoms with Crippen LogP contribution in [0.3, 0.4) is 0 Å². The lowest BCUT2D eigenvalue weighted by Crippen LogP contribution is -2.38. The Balaban J connectivity index is 2.19. The van der Waals surface area contributed by atoms with Gasteiger partial charge in [0.1, 0.15) is 5.69 Å². The molecule has 5 nitrogen and oxygen atoms in total. The minimum atomic E-state index is -1.61. The summed E-state index contributed by atoms with van der Waals surface area (Å²) in [4.78, 5) is 25.8. The van der Waals surface area contributed by atoms with E-state index < -0.39 is 23.9 Å². The van der Waals surface area contributed by atoms with Crippen molar-refractivity contribution in [1.29, 1.82) is 0 Å². The molecule has 0 aliphatic heterocycles. The van der Waals surface area contributed by atoms with Crippen molar-refractivity contribution in [2.75, 3.05) is 4.90 Å². The number of carbonyl (C=O) groups is 2. The number of halogens is 3. The van der Waals surface area contributed by atoms with Gasteiger partial charge in [-0.15, -0.1) is 0 Å². The molecule has 0 fully saturated rings. The van der Waals surface area contributed by atoms with Gasteiger partial charge in [0.05, 0.1) is 15.5 Å². The Bertz CT molecular complexity index is 1100. The summed E-state index contributed by atoms with van der Waals surface area (Å²) < 4.78 is 20.4. The molecule has 0 aliphatic rings. The van der Waals surface area contributed by atoms with Gasteiger partial charge < -0.3 is 9.84 Å². The lowest BCUT2D eigenvalue weighted by molar-refractivity contribution is 0.0977. The summed E-state index contributed by atoms with van der Waals surface area (Å²) in [6, 6.07) is 12.4. The third kappa shape index (κ3) is 4.43.